The third kappa shape index (κ3) is 3.58. The average molecular weight is 302 g/mol. The molecule has 21 heavy (non-hydrogen) atoms. The predicted molar refractivity (Wildman–Crippen MR) is 83.4 cm³/mol. The van der Waals surface area contributed by atoms with Crippen LogP contribution in [0.2, 0.25) is 0 Å². The van der Waals surface area contributed by atoms with Gasteiger partial charge in [0.05, 0.1) is 17.9 Å². The van der Waals surface area contributed by atoms with Crippen molar-refractivity contribution < 1.29 is 4.79 Å². The highest BCUT2D eigenvalue weighted by atomic mass is 32.1. The number of thiazole rings is 1. The molecule has 3 rings (SSSR count). The van der Waals surface area contributed by atoms with Gasteiger partial charge in [0.1, 0.15) is 0 Å². The Bertz CT molecular complexity index is 626. The molecule has 2 aromatic heterocycles. The quantitative estimate of drug-likeness (QED) is 0.916. The topological polar surface area (TPSA) is 66.9 Å². The Morgan fingerprint density at radius 1 is 1.48 bits per heavy atom. The van der Waals surface area contributed by atoms with E-state index in [2.05, 4.69) is 27.5 Å². The van der Waals surface area contributed by atoms with Crippen LogP contribution >= 0.6 is 11.3 Å². The van der Waals surface area contributed by atoms with Gasteiger partial charge in [-0.3, -0.25) is 10.3 Å². The number of aryl methyl sites for hydroxylation is 1. The van der Waals surface area contributed by atoms with E-state index < -0.39 is 0 Å². The van der Waals surface area contributed by atoms with Crippen LogP contribution in [0.5, 0.6) is 0 Å². The first-order valence-electron chi connectivity index (χ1n) is 7.14. The van der Waals surface area contributed by atoms with E-state index in [9.17, 15) is 4.79 Å². The van der Waals surface area contributed by atoms with Gasteiger partial charge >= 0.3 is 6.03 Å². The lowest BCUT2D eigenvalue weighted by molar-refractivity contribution is 0.251. The highest BCUT2D eigenvalue weighted by molar-refractivity contribution is 7.15. The van der Waals surface area contributed by atoms with Gasteiger partial charge in [0, 0.05) is 11.1 Å². The molecule has 1 atom stereocenters. The summed E-state index contributed by atoms with van der Waals surface area (Å²) in [5.41, 5.74) is 1.98. The van der Waals surface area contributed by atoms with E-state index in [4.69, 9.17) is 0 Å². The van der Waals surface area contributed by atoms with Crippen molar-refractivity contribution in [2.24, 2.45) is 5.92 Å². The number of amides is 2. The molecule has 2 aromatic rings. The summed E-state index contributed by atoms with van der Waals surface area (Å²) < 4.78 is 0. The fourth-order valence-electron chi connectivity index (χ4n) is 2.41. The molecule has 110 valence electrons. The van der Waals surface area contributed by atoms with Crippen molar-refractivity contribution in [3.8, 4) is 0 Å². The molecule has 2 N–H and O–H groups in total. The van der Waals surface area contributed by atoms with E-state index in [0.717, 1.165) is 24.2 Å². The zero-order valence-electron chi connectivity index (χ0n) is 11.9. The summed E-state index contributed by atoms with van der Waals surface area (Å²) in [6.07, 6.45) is 4.99. The summed E-state index contributed by atoms with van der Waals surface area (Å²) in [6, 6.07) is 5.40. The molecule has 0 fully saturated rings. The van der Waals surface area contributed by atoms with Crippen LogP contribution in [0.3, 0.4) is 0 Å². The zero-order valence-corrected chi connectivity index (χ0v) is 12.7. The second-order valence-corrected chi connectivity index (χ2v) is 6.45. The molecule has 6 heteroatoms. The average Bonchev–Trinajstić information content (AvgIpc) is 2.87. The van der Waals surface area contributed by atoms with Gasteiger partial charge in [-0.15, -0.1) is 11.3 Å². The van der Waals surface area contributed by atoms with Gasteiger partial charge in [0.15, 0.2) is 5.13 Å². The molecule has 5 nitrogen and oxygen atoms in total. The summed E-state index contributed by atoms with van der Waals surface area (Å²) in [6.45, 7) is 2.67. The smallest absolute Gasteiger partial charge is 0.321 e. The van der Waals surface area contributed by atoms with Crippen molar-refractivity contribution in [2.45, 2.75) is 32.7 Å². The minimum absolute atomic E-state index is 0.236. The molecule has 0 radical (unpaired) electrons. The molecule has 2 heterocycles. The monoisotopic (exact) mass is 302 g/mol. The molecule has 0 bridgehead atoms. The van der Waals surface area contributed by atoms with E-state index in [1.54, 1.807) is 17.5 Å². The van der Waals surface area contributed by atoms with Gasteiger partial charge in [-0.1, -0.05) is 13.0 Å². The first kappa shape index (κ1) is 14.0. The van der Waals surface area contributed by atoms with Crippen LogP contribution in [0.1, 0.15) is 29.6 Å². The maximum atomic E-state index is 11.9. The zero-order chi connectivity index (χ0) is 14.7. The molecular formula is C15H18N4OS. The van der Waals surface area contributed by atoms with Crippen LogP contribution in [-0.4, -0.2) is 16.0 Å². The minimum atomic E-state index is -0.236. The molecule has 2 amide bonds. The second-order valence-electron chi connectivity index (χ2n) is 5.37. The Labute approximate surface area is 127 Å². The molecule has 1 aliphatic rings. The van der Waals surface area contributed by atoms with Crippen molar-refractivity contribution in [1.29, 1.82) is 0 Å². The number of urea groups is 1. The number of pyridine rings is 1. The molecular weight excluding hydrogens is 284 g/mol. The molecule has 0 spiro atoms. The van der Waals surface area contributed by atoms with Crippen molar-refractivity contribution in [1.82, 2.24) is 15.3 Å². The Morgan fingerprint density at radius 3 is 3.19 bits per heavy atom. The standard InChI is InChI=1S/C15H18N4OS/c1-10-5-6-12-13(8-10)21-15(18-12)19-14(20)17-9-11-4-2-3-7-16-11/h2-4,7,10H,5-6,8-9H2,1H3,(H2,17,18,19,20)/t10-/m0/s1. The lowest BCUT2D eigenvalue weighted by Gasteiger charge is -2.15. The van der Waals surface area contributed by atoms with E-state index in [1.165, 1.54) is 11.3 Å². The van der Waals surface area contributed by atoms with Crippen molar-refractivity contribution in [2.75, 3.05) is 5.32 Å². The lowest BCUT2D eigenvalue weighted by atomic mass is 9.93. The number of anilines is 1. The van der Waals surface area contributed by atoms with Gasteiger partial charge in [0.2, 0.25) is 0 Å². The molecule has 1 aliphatic carbocycles. The predicted octanol–water partition coefficient (Wildman–Crippen LogP) is 2.98. The van der Waals surface area contributed by atoms with Crippen molar-refractivity contribution in [3.63, 3.8) is 0 Å². The maximum absolute atomic E-state index is 11.9. The summed E-state index contributed by atoms with van der Waals surface area (Å²) >= 11 is 1.59. The number of nitrogens with zero attached hydrogens (tertiary/aromatic N) is 2. The van der Waals surface area contributed by atoms with Gasteiger partial charge in [-0.25, -0.2) is 9.78 Å². The number of nitrogens with one attached hydrogen (secondary N) is 2. The number of carbonyl (C=O) groups excluding carboxylic acids is 1. The SMILES string of the molecule is C[C@H]1CCc2nc(NC(=O)NCc3ccccn3)sc2C1. The lowest BCUT2D eigenvalue weighted by Crippen LogP contribution is -2.28. The van der Waals surface area contributed by atoms with E-state index in [-0.39, 0.29) is 6.03 Å². The first-order chi connectivity index (χ1) is 10.2. The fraction of sp³-hybridized carbons (Fsp3) is 0.400. The first-order valence-corrected chi connectivity index (χ1v) is 7.95. The largest absolute Gasteiger partial charge is 0.332 e. The van der Waals surface area contributed by atoms with Crippen LogP contribution in [0.4, 0.5) is 9.93 Å². The van der Waals surface area contributed by atoms with Crippen LogP contribution in [0, 0.1) is 5.92 Å². The Hall–Kier alpha value is -1.95. The van der Waals surface area contributed by atoms with E-state index in [1.807, 2.05) is 18.2 Å². The number of carbonyl (C=O) groups is 1. The van der Waals surface area contributed by atoms with E-state index in [0.29, 0.717) is 17.6 Å². The molecule has 0 saturated heterocycles. The number of hydrogen-bond donors (Lipinski definition) is 2. The summed E-state index contributed by atoms with van der Waals surface area (Å²) in [5, 5.41) is 6.29. The van der Waals surface area contributed by atoms with Gasteiger partial charge in [0.25, 0.3) is 0 Å². The Morgan fingerprint density at radius 2 is 2.38 bits per heavy atom. The molecule has 0 aliphatic heterocycles. The van der Waals surface area contributed by atoms with Crippen LogP contribution in [-0.2, 0) is 19.4 Å². The van der Waals surface area contributed by atoms with Crippen LogP contribution in [0.15, 0.2) is 24.4 Å². The minimum Gasteiger partial charge on any atom is -0.332 e. The maximum Gasteiger partial charge on any atom is 0.321 e. The molecule has 0 unspecified atom stereocenters. The summed E-state index contributed by atoms with van der Waals surface area (Å²) in [7, 11) is 0. The summed E-state index contributed by atoms with van der Waals surface area (Å²) in [4.78, 5) is 21.9. The Kier molecular flexibility index (Phi) is 4.15. The number of aromatic nitrogens is 2. The third-order valence-corrected chi connectivity index (χ3v) is 4.60. The van der Waals surface area contributed by atoms with Crippen LogP contribution < -0.4 is 10.6 Å². The van der Waals surface area contributed by atoms with Gasteiger partial charge in [-0.2, -0.15) is 0 Å². The highest BCUT2D eigenvalue weighted by Crippen LogP contribution is 2.31. The normalized spacial score (nSPS) is 17.1. The van der Waals surface area contributed by atoms with Crippen molar-refractivity contribution >= 4 is 22.5 Å². The van der Waals surface area contributed by atoms with E-state index >= 15 is 0 Å². The second kappa shape index (κ2) is 6.22. The molecule has 0 aromatic carbocycles. The van der Waals surface area contributed by atoms with Crippen molar-refractivity contribution in [3.05, 3.63) is 40.7 Å². The fourth-order valence-corrected chi connectivity index (χ4v) is 3.57. The number of fused-ring (bicyclic) bond motifs is 1. The van der Waals surface area contributed by atoms with Gasteiger partial charge in [-0.05, 0) is 37.3 Å². The highest BCUT2D eigenvalue weighted by Gasteiger charge is 2.20. The van der Waals surface area contributed by atoms with Crippen LogP contribution in [0.25, 0.3) is 0 Å². The van der Waals surface area contributed by atoms with Gasteiger partial charge < -0.3 is 5.32 Å². The number of hydrogen-bond acceptors (Lipinski definition) is 4. The summed E-state index contributed by atoms with van der Waals surface area (Å²) in [5.74, 6) is 0.712. The third-order valence-electron chi connectivity index (χ3n) is 3.56. The number of rotatable bonds is 3. The molecule has 0 saturated carbocycles. The Balaban J connectivity index is 1.55.